The van der Waals surface area contributed by atoms with Gasteiger partial charge in [0.05, 0.1) is 0 Å². The van der Waals surface area contributed by atoms with E-state index in [1.54, 1.807) is 0 Å². The van der Waals surface area contributed by atoms with Crippen molar-refractivity contribution in [3.63, 3.8) is 0 Å². The van der Waals surface area contributed by atoms with Crippen molar-refractivity contribution >= 4 is 24.0 Å². The van der Waals surface area contributed by atoms with Gasteiger partial charge in [-0.25, -0.2) is 4.98 Å². The summed E-state index contributed by atoms with van der Waals surface area (Å²) in [5.74, 6) is 2.21. The molecule has 122 valence electrons. The minimum absolute atomic E-state index is 0. The summed E-state index contributed by atoms with van der Waals surface area (Å²) >= 11 is 5.92. The molecule has 4 rings (SSSR count). The molecule has 0 aliphatic heterocycles. The van der Waals surface area contributed by atoms with Crippen molar-refractivity contribution in [2.24, 2.45) is 11.8 Å². The Morgan fingerprint density at radius 3 is 2.65 bits per heavy atom. The average molecular weight is 349 g/mol. The monoisotopic (exact) mass is 348 g/mol. The summed E-state index contributed by atoms with van der Waals surface area (Å²) in [5.41, 5.74) is 2.74. The Balaban J connectivity index is 0.00000156. The molecule has 2 nitrogen and oxygen atoms in total. The van der Waals surface area contributed by atoms with Crippen LogP contribution in [-0.2, 0) is 6.54 Å². The maximum Gasteiger partial charge on any atom is 0.129 e. The highest BCUT2D eigenvalue weighted by Crippen LogP contribution is 2.53. The molecule has 4 atom stereocenters. The highest BCUT2D eigenvalue weighted by molar-refractivity contribution is 6.29. The maximum absolute atomic E-state index is 5.92. The third-order valence-electron chi connectivity index (χ3n) is 5.48. The van der Waals surface area contributed by atoms with Crippen molar-refractivity contribution < 1.29 is 0 Å². The number of fused-ring (bicyclic) bond motifs is 2. The lowest BCUT2D eigenvalue weighted by Crippen LogP contribution is -2.33. The topological polar surface area (TPSA) is 24.9 Å². The van der Waals surface area contributed by atoms with Crippen molar-refractivity contribution in [2.75, 3.05) is 0 Å². The van der Waals surface area contributed by atoms with Crippen molar-refractivity contribution in [1.29, 1.82) is 0 Å². The number of pyridine rings is 1. The molecule has 0 unspecified atom stereocenters. The number of rotatable bonds is 4. The lowest BCUT2D eigenvalue weighted by molar-refractivity contribution is 0.397. The lowest BCUT2D eigenvalue weighted by Gasteiger charge is -2.23. The van der Waals surface area contributed by atoms with Crippen LogP contribution in [0.4, 0.5) is 0 Å². The van der Waals surface area contributed by atoms with Gasteiger partial charge in [-0.2, -0.15) is 0 Å². The summed E-state index contributed by atoms with van der Waals surface area (Å²) in [4.78, 5) is 4.27. The first-order valence-electron chi connectivity index (χ1n) is 8.20. The van der Waals surface area contributed by atoms with Crippen LogP contribution in [-0.4, -0.2) is 11.0 Å². The second kappa shape index (κ2) is 7.21. The Labute approximate surface area is 149 Å². The molecule has 0 saturated heterocycles. The van der Waals surface area contributed by atoms with E-state index in [2.05, 4.69) is 46.7 Å². The number of hydrogen-bond acceptors (Lipinski definition) is 2. The molecule has 1 aromatic carbocycles. The lowest BCUT2D eigenvalue weighted by atomic mass is 9.84. The van der Waals surface area contributed by atoms with Gasteiger partial charge in [0.2, 0.25) is 0 Å². The molecule has 23 heavy (non-hydrogen) atoms. The molecule has 2 aromatic rings. The van der Waals surface area contributed by atoms with Gasteiger partial charge in [-0.05, 0) is 54.2 Å². The van der Waals surface area contributed by atoms with Crippen LogP contribution in [0.2, 0.25) is 5.15 Å². The fourth-order valence-electron chi connectivity index (χ4n) is 4.47. The Morgan fingerprint density at radius 1 is 1.09 bits per heavy atom. The minimum Gasteiger partial charge on any atom is -0.309 e. The third kappa shape index (κ3) is 3.40. The zero-order valence-corrected chi connectivity index (χ0v) is 14.6. The third-order valence-corrected chi connectivity index (χ3v) is 5.70. The molecule has 2 bridgehead atoms. The van der Waals surface area contributed by atoms with Gasteiger partial charge in [0.25, 0.3) is 0 Å². The van der Waals surface area contributed by atoms with Crippen molar-refractivity contribution in [1.82, 2.24) is 10.3 Å². The maximum atomic E-state index is 5.92. The van der Waals surface area contributed by atoms with Crippen molar-refractivity contribution in [3.05, 3.63) is 64.9 Å². The second-order valence-corrected chi connectivity index (χ2v) is 7.04. The summed E-state index contributed by atoms with van der Waals surface area (Å²) in [7, 11) is 0. The van der Waals surface area contributed by atoms with Gasteiger partial charge >= 0.3 is 0 Å². The Morgan fingerprint density at radius 2 is 1.91 bits per heavy atom. The fraction of sp³-hybridized carbons (Fsp3) is 0.421. The fourth-order valence-corrected chi connectivity index (χ4v) is 4.58. The van der Waals surface area contributed by atoms with Gasteiger partial charge in [0, 0.05) is 18.8 Å². The minimum atomic E-state index is 0. The summed E-state index contributed by atoms with van der Waals surface area (Å²) in [5, 5.41) is 4.41. The van der Waals surface area contributed by atoms with Gasteiger partial charge in [-0.1, -0.05) is 48.0 Å². The molecule has 2 fully saturated rings. The van der Waals surface area contributed by atoms with Crippen LogP contribution in [0.25, 0.3) is 0 Å². The van der Waals surface area contributed by atoms with E-state index in [0.29, 0.717) is 17.1 Å². The van der Waals surface area contributed by atoms with Crippen LogP contribution < -0.4 is 5.32 Å². The van der Waals surface area contributed by atoms with Gasteiger partial charge in [0.15, 0.2) is 0 Å². The molecule has 2 aliphatic carbocycles. The number of halogens is 2. The summed E-state index contributed by atoms with van der Waals surface area (Å²) in [6.07, 6.45) is 5.97. The molecular weight excluding hydrogens is 327 g/mol. The van der Waals surface area contributed by atoms with E-state index in [4.69, 9.17) is 11.6 Å². The first kappa shape index (κ1) is 16.8. The Hall–Kier alpha value is -1.09. The Bertz CT molecular complexity index is 630. The van der Waals surface area contributed by atoms with Crippen LogP contribution in [0.1, 0.15) is 36.3 Å². The van der Waals surface area contributed by atoms with Gasteiger partial charge < -0.3 is 5.32 Å². The standard InChI is InChI=1S/C19H21ClN2.ClH/c20-18-9-7-15(12-21-18)17-10-14-6-8-16(17)19(14)22-11-13-4-2-1-3-5-13;/h1-5,7,9,12,14,16-17,19,22H,6,8,10-11H2;1H/t14-,16+,17+,19+;/m0./s1. The van der Waals surface area contributed by atoms with E-state index >= 15 is 0 Å². The predicted molar refractivity (Wildman–Crippen MR) is 97.1 cm³/mol. The van der Waals surface area contributed by atoms with Crippen LogP contribution in [0.3, 0.4) is 0 Å². The highest BCUT2D eigenvalue weighted by Gasteiger charge is 2.48. The van der Waals surface area contributed by atoms with Crippen LogP contribution in [0.15, 0.2) is 48.7 Å². The zero-order chi connectivity index (χ0) is 14.9. The summed E-state index contributed by atoms with van der Waals surface area (Å²) in [6, 6.07) is 15.4. The first-order chi connectivity index (χ1) is 10.8. The smallest absolute Gasteiger partial charge is 0.129 e. The zero-order valence-electron chi connectivity index (χ0n) is 13.0. The number of nitrogens with zero attached hydrogens (tertiary/aromatic N) is 1. The molecule has 2 saturated carbocycles. The van der Waals surface area contributed by atoms with E-state index in [1.807, 2.05) is 12.3 Å². The number of aromatic nitrogens is 1. The number of hydrogen-bond donors (Lipinski definition) is 1. The average Bonchev–Trinajstić information content (AvgIpc) is 3.11. The van der Waals surface area contributed by atoms with Crippen molar-refractivity contribution in [3.8, 4) is 0 Å². The molecular formula is C19H22Cl2N2. The van der Waals surface area contributed by atoms with Crippen LogP contribution in [0.5, 0.6) is 0 Å². The molecule has 1 N–H and O–H groups in total. The molecule has 0 amide bonds. The highest BCUT2D eigenvalue weighted by atomic mass is 35.5. The largest absolute Gasteiger partial charge is 0.309 e. The van der Waals surface area contributed by atoms with Crippen molar-refractivity contribution in [2.45, 2.75) is 37.8 Å². The quantitative estimate of drug-likeness (QED) is 0.800. The van der Waals surface area contributed by atoms with Gasteiger partial charge in [-0.3, -0.25) is 0 Å². The molecule has 0 radical (unpaired) electrons. The predicted octanol–water partition coefficient (Wildman–Crippen LogP) is 4.83. The van der Waals surface area contributed by atoms with Gasteiger partial charge in [-0.15, -0.1) is 12.4 Å². The number of benzene rings is 1. The summed E-state index contributed by atoms with van der Waals surface area (Å²) < 4.78 is 0. The van der Waals surface area contributed by atoms with Gasteiger partial charge in [0.1, 0.15) is 5.15 Å². The molecule has 2 aliphatic rings. The molecule has 4 heteroatoms. The SMILES string of the molecule is Cl.Clc1ccc([C@H]2C[C@@H]3CC[C@H]2[C@@H]3NCc2ccccc2)cn1. The van der Waals surface area contributed by atoms with E-state index in [9.17, 15) is 0 Å². The van der Waals surface area contributed by atoms with E-state index in [0.717, 1.165) is 18.4 Å². The van der Waals surface area contributed by atoms with E-state index < -0.39 is 0 Å². The molecule has 0 spiro atoms. The molecule has 1 aromatic heterocycles. The second-order valence-electron chi connectivity index (χ2n) is 6.65. The molecule has 1 heterocycles. The van der Waals surface area contributed by atoms with E-state index in [1.165, 1.54) is 30.4 Å². The Kier molecular flexibility index (Phi) is 5.25. The van der Waals surface area contributed by atoms with Crippen LogP contribution in [0, 0.1) is 11.8 Å². The first-order valence-corrected chi connectivity index (χ1v) is 8.58. The number of nitrogens with one attached hydrogen (secondary N) is 1. The summed E-state index contributed by atoms with van der Waals surface area (Å²) in [6.45, 7) is 0.976. The van der Waals surface area contributed by atoms with Crippen LogP contribution >= 0.6 is 24.0 Å². The normalized spacial score (nSPS) is 28.6. The van der Waals surface area contributed by atoms with E-state index in [-0.39, 0.29) is 12.4 Å².